The van der Waals surface area contributed by atoms with Gasteiger partial charge in [-0.3, -0.25) is 9.59 Å². The molecule has 35 heavy (non-hydrogen) atoms. The first-order chi connectivity index (χ1) is 17.2. The van der Waals surface area contributed by atoms with Gasteiger partial charge < -0.3 is 19.9 Å². The molecule has 0 aliphatic carbocycles. The molecule has 0 bridgehead atoms. The van der Waals surface area contributed by atoms with Crippen LogP contribution in [0.2, 0.25) is 0 Å². The van der Waals surface area contributed by atoms with E-state index in [1.807, 2.05) is 102 Å². The zero-order chi connectivity index (χ0) is 24.0. The van der Waals surface area contributed by atoms with Gasteiger partial charge in [0.1, 0.15) is 5.75 Å². The maximum absolute atomic E-state index is 12.8. The Hall–Kier alpha value is -4.32. The molecular weight excluding hydrogens is 438 g/mol. The van der Waals surface area contributed by atoms with E-state index < -0.39 is 0 Å². The average molecular weight is 466 g/mol. The van der Waals surface area contributed by atoms with Gasteiger partial charge in [-0.25, -0.2) is 0 Å². The topological polar surface area (TPSA) is 61.9 Å². The van der Waals surface area contributed by atoms with Crippen molar-refractivity contribution in [2.45, 2.75) is 0 Å². The second kappa shape index (κ2) is 10.3. The van der Waals surface area contributed by atoms with Crippen LogP contribution in [0.4, 0.5) is 11.4 Å². The number of carbonyl (C=O) groups is 2. The smallest absolute Gasteiger partial charge is 0.262 e. The van der Waals surface area contributed by atoms with Crippen LogP contribution in [0.3, 0.4) is 0 Å². The normalized spacial score (nSPS) is 13.5. The van der Waals surface area contributed by atoms with E-state index in [9.17, 15) is 9.59 Å². The summed E-state index contributed by atoms with van der Waals surface area (Å²) in [7, 11) is 0. The molecule has 176 valence electrons. The minimum Gasteiger partial charge on any atom is -0.484 e. The fourth-order valence-electron chi connectivity index (χ4n) is 4.36. The molecule has 5 rings (SSSR count). The Morgan fingerprint density at radius 2 is 1.43 bits per heavy atom. The van der Waals surface area contributed by atoms with Gasteiger partial charge in [0, 0.05) is 31.7 Å². The van der Waals surface area contributed by atoms with Crippen LogP contribution in [0.5, 0.6) is 5.75 Å². The van der Waals surface area contributed by atoms with Crippen molar-refractivity contribution in [3.8, 4) is 5.75 Å². The summed E-state index contributed by atoms with van der Waals surface area (Å²) in [6, 6.07) is 30.9. The molecule has 1 aliphatic rings. The molecule has 4 aromatic carbocycles. The Labute approximate surface area is 204 Å². The van der Waals surface area contributed by atoms with E-state index in [1.54, 1.807) is 0 Å². The molecule has 0 saturated carbocycles. The number of anilines is 2. The second-order valence-electron chi connectivity index (χ2n) is 8.51. The van der Waals surface area contributed by atoms with E-state index in [1.165, 1.54) is 0 Å². The van der Waals surface area contributed by atoms with Gasteiger partial charge in [0.15, 0.2) is 6.61 Å². The number of nitrogens with one attached hydrogen (secondary N) is 1. The zero-order valence-corrected chi connectivity index (χ0v) is 19.4. The van der Waals surface area contributed by atoms with E-state index in [4.69, 9.17) is 4.74 Å². The number of rotatable bonds is 6. The van der Waals surface area contributed by atoms with Crippen molar-refractivity contribution in [3.63, 3.8) is 0 Å². The number of carbonyl (C=O) groups excluding carboxylic acids is 2. The van der Waals surface area contributed by atoms with Crippen molar-refractivity contribution in [2.24, 2.45) is 0 Å². The van der Waals surface area contributed by atoms with Gasteiger partial charge in [-0.15, -0.1) is 0 Å². The fourth-order valence-corrected chi connectivity index (χ4v) is 4.36. The molecule has 0 atom stereocenters. The van der Waals surface area contributed by atoms with Crippen LogP contribution in [0.25, 0.3) is 10.8 Å². The molecule has 4 aromatic rings. The number of hydrogen-bond acceptors (Lipinski definition) is 4. The van der Waals surface area contributed by atoms with Gasteiger partial charge in [-0.1, -0.05) is 60.7 Å². The van der Waals surface area contributed by atoms with Crippen molar-refractivity contribution in [2.75, 3.05) is 43.0 Å². The third kappa shape index (κ3) is 5.27. The molecular formula is C29H27N3O3. The number of para-hydroxylation sites is 2. The predicted octanol–water partition coefficient (Wildman–Crippen LogP) is 4.82. The monoisotopic (exact) mass is 465 g/mol. The van der Waals surface area contributed by atoms with Gasteiger partial charge in [0.05, 0.1) is 11.4 Å². The Morgan fingerprint density at radius 3 is 2.23 bits per heavy atom. The largest absolute Gasteiger partial charge is 0.484 e. The second-order valence-corrected chi connectivity index (χ2v) is 8.51. The highest BCUT2D eigenvalue weighted by Gasteiger charge is 2.23. The average Bonchev–Trinajstić information content (AvgIpc) is 2.92. The lowest BCUT2D eigenvalue weighted by Crippen LogP contribution is -2.49. The maximum atomic E-state index is 12.8. The van der Waals surface area contributed by atoms with Crippen molar-refractivity contribution < 1.29 is 14.3 Å². The first-order valence-electron chi connectivity index (χ1n) is 11.8. The van der Waals surface area contributed by atoms with Crippen molar-refractivity contribution in [1.29, 1.82) is 0 Å². The number of ether oxygens (including phenoxy) is 1. The van der Waals surface area contributed by atoms with E-state index >= 15 is 0 Å². The molecule has 0 aromatic heterocycles. The standard InChI is InChI=1S/C29H27N3O3/c33-28(21-35-25-15-14-22-8-4-5-11-24(22)20-25)30-26-12-6-7-13-27(26)31-16-18-32(19-17-31)29(34)23-9-2-1-3-10-23/h1-15,20H,16-19,21H2,(H,30,33). The molecule has 1 aliphatic heterocycles. The van der Waals surface area contributed by atoms with Crippen LogP contribution in [-0.2, 0) is 4.79 Å². The quantitative estimate of drug-likeness (QED) is 0.444. The highest BCUT2D eigenvalue weighted by atomic mass is 16.5. The van der Waals surface area contributed by atoms with Gasteiger partial charge >= 0.3 is 0 Å². The highest BCUT2D eigenvalue weighted by molar-refractivity contribution is 5.96. The predicted molar refractivity (Wildman–Crippen MR) is 139 cm³/mol. The molecule has 6 heteroatoms. The Balaban J connectivity index is 1.19. The molecule has 6 nitrogen and oxygen atoms in total. The summed E-state index contributed by atoms with van der Waals surface area (Å²) in [5.41, 5.74) is 2.39. The molecule has 0 radical (unpaired) electrons. The molecule has 1 fully saturated rings. The van der Waals surface area contributed by atoms with Crippen molar-refractivity contribution >= 4 is 34.0 Å². The molecule has 0 unspecified atom stereocenters. The molecule has 0 spiro atoms. The Bertz CT molecular complexity index is 1330. The summed E-state index contributed by atoms with van der Waals surface area (Å²) in [5, 5.41) is 5.19. The number of benzene rings is 4. The van der Waals surface area contributed by atoms with Gasteiger partial charge in [0.2, 0.25) is 0 Å². The summed E-state index contributed by atoms with van der Waals surface area (Å²) in [5.74, 6) is 0.493. The summed E-state index contributed by atoms with van der Waals surface area (Å²) in [6.07, 6.45) is 0. The first kappa shape index (κ1) is 22.5. The van der Waals surface area contributed by atoms with E-state index in [2.05, 4.69) is 10.2 Å². The van der Waals surface area contributed by atoms with Crippen LogP contribution < -0.4 is 15.0 Å². The SMILES string of the molecule is O=C(COc1ccc2ccccc2c1)Nc1ccccc1N1CCN(C(=O)c2ccccc2)CC1. The lowest BCUT2D eigenvalue weighted by atomic mass is 10.1. The Kier molecular flexibility index (Phi) is 6.61. The summed E-state index contributed by atoms with van der Waals surface area (Å²) in [4.78, 5) is 29.5. The number of fused-ring (bicyclic) bond motifs is 1. The first-order valence-corrected chi connectivity index (χ1v) is 11.8. The minimum absolute atomic E-state index is 0.0534. The minimum atomic E-state index is -0.219. The Morgan fingerprint density at radius 1 is 0.743 bits per heavy atom. The van der Waals surface area contributed by atoms with Gasteiger partial charge in [-0.2, -0.15) is 0 Å². The van der Waals surface area contributed by atoms with Crippen LogP contribution in [0.15, 0.2) is 97.1 Å². The highest BCUT2D eigenvalue weighted by Crippen LogP contribution is 2.27. The zero-order valence-electron chi connectivity index (χ0n) is 19.4. The lowest BCUT2D eigenvalue weighted by Gasteiger charge is -2.37. The molecule has 1 N–H and O–H groups in total. The number of hydrogen-bond donors (Lipinski definition) is 1. The third-order valence-corrected chi connectivity index (χ3v) is 6.20. The molecule has 1 heterocycles. The van der Waals surface area contributed by atoms with Crippen LogP contribution in [0, 0.1) is 0 Å². The van der Waals surface area contributed by atoms with Gasteiger partial charge in [0.25, 0.3) is 11.8 Å². The number of piperazine rings is 1. The van der Waals surface area contributed by atoms with Crippen LogP contribution in [-0.4, -0.2) is 49.5 Å². The number of nitrogens with zero attached hydrogens (tertiary/aromatic N) is 2. The summed E-state index contributed by atoms with van der Waals surface area (Å²) >= 11 is 0. The van der Waals surface area contributed by atoms with Crippen LogP contribution >= 0.6 is 0 Å². The fraction of sp³-hybridized carbons (Fsp3) is 0.172. The van der Waals surface area contributed by atoms with Crippen LogP contribution in [0.1, 0.15) is 10.4 Å². The van der Waals surface area contributed by atoms with Gasteiger partial charge in [-0.05, 0) is 47.2 Å². The van der Waals surface area contributed by atoms with Crippen molar-refractivity contribution in [3.05, 3.63) is 103 Å². The maximum Gasteiger partial charge on any atom is 0.262 e. The number of amides is 2. The molecule has 1 saturated heterocycles. The summed E-state index contributed by atoms with van der Waals surface area (Å²) < 4.78 is 5.75. The summed E-state index contributed by atoms with van der Waals surface area (Å²) in [6.45, 7) is 2.56. The van der Waals surface area contributed by atoms with E-state index in [0.717, 1.165) is 22.1 Å². The third-order valence-electron chi connectivity index (χ3n) is 6.20. The van der Waals surface area contributed by atoms with E-state index in [-0.39, 0.29) is 18.4 Å². The molecule has 2 amide bonds. The van der Waals surface area contributed by atoms with E-state index in [0.29, 0.717) is 37.5 Å². The van der Waals surface area contributed by atoms with Crippen molar-refractivity contribution in [1.82, 2.24) is 4.90 Å². The lowest BCUT2D eigenvalue weighted by molar-refractivity contribution is -0.118.